The molecule has 1 aliphatic heterocycles. The molecule has 3 aromatic rings. The van der Waals surface area contributed by atoms with Crippen LogP contribution in [0.5, 0.6) is 0 Å². The molecule has 1 saturated heterocycles. The summed E-state index contributed by atoms with van der Waals surface area (Å²) in [7, 11) is 0. The third kappa shape index (κ3) is 4.64. The van der Waals surface area contributed by atoms with Crippen LogP contribution in [0.1, 0.15) is 11.6 Å². The maximum Gasteiger partial charge on any atom is 0.313 e. The Kier molecular flexibility index (Phi) is 6.32. The second kappa shape index (κ2) is 9.47. The van der Waals surface area contributed by atoms with Crippen LogP contribution in [0.3, 0.4) is 0 Å². The van der Waals surface area contributed by atoms with Gasteiger partial charge in [-0.25, -0.2) is 0 Å². The van der Waals surface area contributed by atoms with Gasteiger partial charge in [0.2, 0.25) is 0 Å². The molecule has 2 aromatic carbocycles. The van der Waals surface area contributed by atoms with Crippen LogP contribution in [0.25, 0.3) is 10.8 Å². The van der Waals surface area contributed by atoms with Crippen LogP contribution in [0.15, 0.2) is 67.0 Å². The highest BCUT2D eigenvalue weighted by Crippen LogP contribution is 2.28. The second-order valence-electron chi connectivity index (χ2n) is 7.13. The number of hydrogen-bond donors (Lipinski definition) is 2. The summed E-state index contributed by atoms with van der Waals surface area (Å²) in [5, 5.41) is 7.70. The molecule has 0 radical (unpaired) electrons. The first-order chi connectivity index (χ1) is 14.7. The van der Waals surface area contributed by atoms with Gasteiger partial charge < -0.3 is 15.4 Å². The lowest BCUT2D eigenvalue weighted by Crippen LogP contribution is -2.45. The number of rotatable bonds is 5. The van der Waals surface area contributed by atoms with Gasteiger partial charge in [-0.05, 0) is 28.5 Å². The molecule has 0 spiro atoms. The van der Waals surface area contributed by atoms with Gasteiger partial charge in [-0.1, -0.05) is 42.5 Å². The van der Waals surface area contributed by atoms with Gasteiger partial charge in [0.05, 0.1) is 19.3 Å². The molecule has 0 saturated carbocycles. The van der Waals surface area contributed by atoms with Crippen molar-refractivity contribution in [2.24, 2.45) is 0 Å². The first kappa shape index (κ1) is 20.0. The fourth-order valence-corrected chi connectivity index (χ4v) is 3.76. The quantitative estimate of drug-likeness (QED) is 0.638. The van der Waals surface area contributed by atoms with Crippen LogP contribution in [0.2, 0.25) is 0 Å². The van der Waals surface area contributed by atoms with Gasteiger partial charge in [0.25, 0.3) is 0 Å². The van der Waals surface area contributed by atoms with Crippen molar-refractivity contribution in [1.82, 2.24) is 15.2 Å². The molecule has 2 heterocycles. The van der Waals surface area contributed by atoms with E-state index in [9.17, 15) is 9.59 Å². The zero-order chi connectivity index (χ0) is 20.8. The number of anilines is 1. The van der Waals surface area contributed by atoms with Gasteiger partial charge in [0.15, 0.2) is 0 Å². The monoisotopic (exact) mass is 404 g/mol. The van der Waals surface area contributed by atoms with Crippen molar-refractivity contribution in [2.75, 3.05) is 38.2 Å². The van der Waals surface area contributed by atoms with E-state index in [1.165, 1.54) is 0 Å². The van der Waals surface area contributed by atoms with Crippen LogP contribution in [0.4, 0.5) is 5.69 Å². The van der Waals surface area contributed by atoms with Crippen LogP contribution >= 0.6 is 0 Å². The second-order valence-corrected chi connectivity index (χ2v) is 7.13. The van der Waals surface area contributed by atoms with E-state index in [1.807, 2.05) is 18.2 Å². The number of pyridine rings is 1. The highest BCUT2D eigenvalue weighted by atomic mass is 16.5. The van der Waals surface area contributed by atoms with Crippen molar-refractivity contribution in [1.29, 1.82) is 0 Å². The smallest absolute Gasteiger partial charge is 0.313 e. The van der Waals surface area contributed by atoms with E-state index in [0.29, 0.717) is 25.4 Å². The molecule has 7 heteroatoms. The largest absolute Gasteiger partial charge is 0.379 e. The van der Waals surface area contributed by atoms with E-state index < -0.39 is 11.8 Å². The van der Waals surface area contributed by atoms with E-state index in [0.717, 1.165) is 29.4 Å². The minimum absolute atomic E-state index is 0.0577. The fourth-order valence-electron chi connectivity index (χ4n) is 3.76. The van der Waals surface area contributed by atoms with Crippen LogP contribution in [-0.2, 0) is 14.3 Å². The maximum absolute atomic E-state index is 12.4. The number of nitrogens with one attached hydrogen (secondary N) is 2. The third-order valence-corrected chi connectivity index (χ3v) is 5.27. The fraction of sp³-hybridized carbons (Fsp3) is 0.261. The first-order valence-electron chi connectivity index (χ1n) is 10.0. The molecular weight excluding hydrogens is 380 g/mol. The van der Waals surface area contributed by atoms with Crippen molar-refractivity contribution in [3.05, 3.63) is 72.6 Å². The Hall–Kier alpha value is -3.29. The Morgan fingerprint density at radius 1 is 0.967 bits per heavy atom. The molecule has 154 valence electrons. The van der Waals surface area contributed by atoms with E-state index in [1.54, 1.807) is 24.5 Å². The summed E-state index contributed by atoms with van der Waals surface area (Å²) in [4.78, 5) is 30.9. The number of morpholine rings is 1. The molecule has 4 rings (SSSR count). The first-order valence-corrected chi connectivity index (χ1v) is 10.0. The van der Waals surface area contributed by atoms with Crippen molar-refractivity contribution < 1.29 is 14.3 Å². The summed E-state index contributed by atoms with van der Waals surface area (Å²) in [5.74, 6) is -1.36. The highest BCUT2D eigenvalue weighted by Gasteiger charge is 2.25. The summed E-state index contributed by atoms with van der Waals surface area (Å²) in [6.07, 6.45) is 3.12. The van der Waals surface area contributed by atoms with Crippen molar-refractivity contribution in [3.8, 4) is 0 Å². The third-order valence-electron chi connectivity index (χ3n) is 5.27. The molecule has 1 unspecified atom stereocenters. The van der Waals surface area contributed by atoms with Gasteiger partial charge in [-0.3, -0.25) is 19.5 Å². The summed E-state index contributed by atoms with van der Waals surface area (Å²) in [5.41, 5.74) is 1.66. The molecule has 0 aliphatic carbocycles. The topological polar surface area (TPSA) is 83.6 Å². The van der Waals surface area contributed by atoms with Gasteiger partial charge in [-0.2, -0.15) is 0 Å². The van der Waals surface area contributed by atoms with Gasteiger partial charge in [0.1, 0.15) is 0 Å². The van der Waals surface area contributed by atoms with Crippen LogP contribution in [-0.4, -0.2) is 54.5 Å². The van der Waals surface area contributed by atoms with Crippen molar-refractivity contribution in [2.45, 2.75) is 6.04 Å². The lowest BCUT2D eigenvalue weighted by atomic mass is 9.97. The normalized spacial score (nSPS) is 15.5. The average molecular weight is 404 g/mol. The van der Waals surface area contributed by atoms with Crippen LogP contribution in [0, 0.1) is 0 Å². The molecule has 2 N–H and O–H groups in total. The van der Waals surface area contributed by atoms with E-state index in [2.05, 4.69) is 44.8 Å². The number of aromatic nitrogens is 1. The SMILES string of the molecule is O=C(NCC(c1cccc2ccccc12)N1CCOCC1)C(=O)Nc1ccncc1. The minimum atomic E-state index is -0.695. The molecule has 7 nitrogen and oxygen atoms in total. The summed E-state index contributed by atoms with van der Waals surface area (Å²) < 4.78 is 5.51. The number of amides is 2. The van der Waals surface area contributed by atoms with Crippen molar-refractivity contribution >= 4 is 28.3 Å². The Bertz CT molecular complexity index is 1010. The molecule has 0 bridgehead atoms. The molecule has 30 heavy (non-hydrogen) atoms. The summed E-state index contributed by atoms with van der Waals surface area (Å²) in [6.45, 7) is 3.17. The van der Waals surface area contributed by atoms with Crippen LogP contribution < -0.4 is 10.6 Å². The number of carbonyl (C=O) groups is 2. The number of ether oxygens (including phenoxy) is 1. The average Bonchev–Trinajstić information content (AvgIpc) is 2.80. The molecule has 2 amide bonds. The number of nitrogens with zero attached hydrogens (tertiary/aromatic N) is 2. The highest BCUT2D eigenvalue weighted by molar-refractivity contribution is 6.39. The number of fused-ring (bicyclic) bond motifs is 1. The zero-order valence-corrected chi connectivity index (χ0v) is 16.6. The molecular formula is C23H24N4O3. The Morgan fingerprint density at radius 3 is 2.50 bits per heavy atom. The van der Waals surface area contributed by atoms with Gasteiger partial charge >= 0.3 is 11.8 Å². The maximum atomic E-state index is 12.4. The van der Waals surface area contributed by atoms with E-state index in [4.69, 9.17) is 4.74 Å². The Balaban J connectivity index is 1.52. The molecule has 1 aromatic heterocycles. The minimum Gasteiger partial charge on any atom is -0.379 e. The van der Waals surface area contributed by atoms with Gasteiger partial charge in [-0.15, -0.1) is 0 Å². The molecule has 1 fully saturated rings. The number of hydrogen-bond acceptors (Lipinski definition) is 5. The lowest BCUT2D eigenvalue weighted by molar-refractivity contribution is -0.136. The van der Waals surface area contributed by atoms with E-state index >= 15 is 0 Å². The predicted molar refractivity (Wildman–Crippen MR) is 115 cm³/mol. The predicted octanol–water partition coefficient (Wildman–Crippen LogP) is 2.36. The standard InChI is InChI=1S/C23H24N4O3/c28-22(23(29)26-18-8-10-24-11-9-18)25-16-21(27-12-14-30-15-13-27)20-7-3-5-17-4-1-2-6-19(17)20/h1-11,21H,12-16H2,(H,25,28)(H,24,26,29). The molecule has 1 atom stereocenters. The van der Waals surface area contributed by atoms with Crippen molar-refractivity contribution in [3.63, 3.8) is 0 Å². The number of benzene rings is 2. The lowest BCUT2D eigenvalue weighted by Gasteiger charge is -2.35. The van der Waals surface area contributed by atoms with Gasteiger partial charge in [0, 0.05) is 37.7 Å². The summed E-state index contributed by atoms with van der Waals surface area (Å²) >= 11 is 0. The van der Waals surface area contributed by atoms with E-state index in [-0.39, 0.29) is 6.04 Å². The molecule has 1 aliphatic rings. The number of carbonyl (C=O) groups excluding carboxylic acids is 2. The zero-order valence-electron chi connectivity index (χ0n) is 16.6. The Morgan fingerprint density at radius 2 is 1.70 bits per heavy atom. The Labute approximate surface area is 175 Å². The summed E-state index contributed by atoms with van der Waals surface area (Å²) in [6, 6.07) is 17.6.